The summed E-state index contributed by atoms with van der Waals surface area (Å²) in [6.45, 7) is 8.02. The number of allylic oxidation sites excluding steroid dienone is 1. The zero-order valence-electron chi connectivity index (χ0n) is 11.5. The number of rotatable bonds is 2. The van der Waals surface area contributed by atoms with Gasteiger partial charge in [0, 0.05) is 12.0 Å². The van der Waals surface area contributed by atoms with Gasteiger partial charge in [0.05, 0.1) is 6.10 Å². The van der Waals surface area contributed by atoms with E-state index in [4.69, 9.17) is 9.47 Å². The lowest BCUT2D eigenvalue weighted by Gasteiger charge is -2.39. The van der Waals surface area contributed by atoms with Crippen LogP contribution in [0.4, 0.5) is 0 Å². The van der Waals surface area contributed by atoms with Crippen molar-refractivity contribution in [2.24, 2.45) is 16.7 Å². The van der Waals surface area contributed by atoms with Crippen molar-refractivity contribution >= 4 is 22.6 Å². The maximum Gasteiger partial charge on any atom is 0.157 e. The minimum Gasteiger partial charge on any atom is -0.353 e. The first-order valence-electron chi connectivity index (χ1n) is 7.10. The summed E-state index contributed by atoms with van der Waals surface area (Å²) < 4.78 is 13.6. The number of ether oxygens (including phenoxy) is 2. The minimum absolute atomic E-state index is 0.0433. The van der Waals surface area contributed by atoms with E-state index in [1.54, 1.807) is 0 Å². The predicted molar refractivity (Wildman–Crippen MR) is 80.6 cm³/mol. The van der Waals surface area contributed by atoms with Crippen LogP contribution in [0.25, 0.3) is 0 Å². The normalized spacial score (nSPS) is 46.2. The first-order valence-corrected chi connectivity index (χ1v) is 8.18. The van der Waals surface area contributed by atoms with Crippen molar-refractivity contribution in [1.29, 1.82) is 0 Å². The molecule has 3 heteroatoms. The fourth-order valence-electron chi connectivity index (χ4n) is 3.87. The molecule has 1 saturated carbocycles. The molecule has 1 aliphatic heterocycles. The molecule has 0 radical (unpaired) electrons. The first kappa shape index (κ1) is 13.4. The van der Waals surface area contributed by atoms with Gasteiger partial charge in [0.1, 0.15) is 0 Å². The summed E-state index contributed by atoms with van der Waals surface area (Å²) in [5, 5.41) is 0. The van der Waals surface area contributed by atoms with Crippen LogP contribution in [-0.4, -0.2) is 19.0 Å². The maximum atomic E-state index is 6.30. The fourth-order valence-corrected chi connectivity index (χ4v) is 5.55. The molecule has 2 nitrogen and oxygen atoms in total. The Labute approximate surface area is 124 Å². The smallest absolute Gasteiger partial charge is 0.157 e. The number of hydrogen-bond donors (Lipinski definition) is 0. The summed E-state index contributed by atoms with van der Waals surface area (Å²) in [6, 6.07) is 0. The number of hydrogen-bond acceptors (Lipinski definition) is 2. The highest BCUT2D eigenvalue weighted by atomic mass is 127. The van der Waals surface area contributed by atoms with Crippen molar-refractivity contribution in [3.8, 4) is 0 Å². The number of halogens is 1. The lowest BCUT2D eigenvalue weighted by atomic mass is 9.70. The Kier molecular flexibility index (Phi) is 3.31. The molecular weight excluding hydrogens is 339 g/mol. The van der Waals surface area contributed by atoms with E-state index in [9.17, 15) is 0 Å². The molecule has 0 aromatic carbocycles. The van der Waals surface area contributed by atoms with E-state index >= 15 is 0 Å². The van der Waals surface area contributed by atoms with E-state index in [0.717, 1.165) is 19.4 Å². The van der Waals surface area contributed by atoms with Crippen LogP contribution in [0, 0.1) is 16.7 Å². The largest absolute Gasteiger partial charge is 0.353 e. The second-order valence-corrected chi connectivity index (χ2v) is 7.99. The van der Waals surface area contributed by atoms with E-state index in [2.05, 4.69) is 49.4 Å². The van der Waals surface area contributed by atoms with Gasteiger partial charge in [-0.15, -0.1) is 0 Å². The third kappa shape index (κ3) is 1.80. The molecule has 1 saturated heterocycles. The molecule has 0 aromatic rings. The van der Waals surface area contributed by atoms with E-state index in [0.29, 0.717) is 17.4 Å². The predicted octanol–water partition coefficient (Wildman–Crippen LogP) is 4.28. The summed E-state index contributed by atoms with van der Waals surface area (Å²) in [4.78, 5) is 0. The van der Waals surface area contributed by atoms with Crippen LogP contribution in [0.5, 0.6) is 0 Å². The molecule has 0 amide bonds. The highest BCUT2D eigenvalue weighted by Gasteiger charge is 2.62. The molecule has 2 bridgehead atoms. The molecule has 1 heterocycles. The van der Waals surface area contributed by atoms with Crippen LogP contribution >= 0.6 is 22.6 Å². The Hall–Kier alpha value is 0.390. The SMILES string of the molecule is CC1(C)[C@@H]2C[C@@H](OC3CCCCO3)[C@@]1(C)C=C2I. The van der Waals surface area contributed by atoms with Crippen molar-refractivity contribution in [1.82, 2.24) is 0 Å². The highest BCUT2D eigenvalue weighted by Crippen LogP contribution is 2.66. The molecule has 102 valence electrons. The number of fused-ring (bicyclic) bond motifs is 2. The van der Waals surface area contributed by atoms with Gasteiger partial charge in [-0.1, -0.05) is 26.8 Å². The molecule has 1 unspecified atom stereocenters. The molecule has 0 N–H and O–H groups in total. The van der Waals surface area contributed by atoms with Crippen LogP contribution in [0.15, 0.2) is 9.66 Å². The van der Waals surface area contributed by atoms with Crippen molar-refractivity contribution in [2.75, 3.05) is 6.61 Å². The van der Waals surface area contributed by atoms with Crippen LogP contribution < -0.4 is 0 Å². The Bertz CT molecular complexity index is 371. The Morgan fingerprint density at radius 3 is 2.61 bits per heavy atom. The van der Waals surface area contributed by atoms with Crippen molar-refractivity contribution < 1.29 is 9.47 Å². The first-order chi connectivity index (χ1) is 8.45. The Balaban J connectivity index is 1.76. The van der Waals surface area contributed by atoms with Crippen LogP contribution in [-0.2, 0) is 9.47 Å². The third-order valence-corrected chi connectivity index (χ3v) is 6.67. The summed E-state index contributed by atoms with van der Waals surface area (Å²) in [5.74, 6) is 0.677. The summed E-state index contributed by atoms with van der Waals surface area (Å²) in [7, 11) is 0. The molecule has 18 heavy (non-hydrogen) atoms. The Morgan fingerprint density at radius 1 is 1.33 bits per heavy atom. The topological polar surface area (TPSA) is 18.5 Å². The lowest BCUT2D eigenvalue weighted by molar-refractivity contribution is -0.205. The molecular formula is C15H23IO2. The van der Waals surface area contributed by atoms with Gasteiger partial charge in [0.15, 0.2) is 6.29 Å². The van der Waals surface area contributed by atoms with Gasteiger partial charge in [0.2, 0.25) is 0 Å². The van der Waals surface area contributed by atoms with Crippen molar-refractivity contribution in [3.63, 3.8) is 0 Å². The zero-order chi connectivity index (χ0) is 13.0. The van der Waals surface area contributed by atoms with Gasteiger partial charge in [-0.3, -0.25) is 0 Å². The Morgan fingerprint density at radius 2 is 2.11 bits per heavy atom. The molecule has 0 spiro atoms. The van der Waals surface area contributed by atoms with Gasteiger partial charge in [-0.05, 0) is 63.2 Å². The quantitative estimate of drug-likeness (QED) is 0.683. The van der Waals surface area contributed by atoms with Gasteiger partial charge in [-0.2, -0.15) is 0 Å². The van der Waals surface area contributed by atoms with Crippen molar-refractivity contribution in [2.45, 2.75) is 58.8 Å². The molecule has 3 aliphatic rings. The van der Waals surface area contributed by atoms with E-state index in [1.807, 2.05) is 0 Å². The average Bonchev–Trinajstić information content (AvgIpc) is 2.61. The molecule has 2 fully saturated rings. The van der Waals surface area contributed by atoms with Gasteiger partial charge >= 0.3 is 0 Å². The maximum absolute atomic E-state index is 6.30. The van der Waals surface area contributed by atoms with Crippen molar-refractivity contribution in [3.05, 3.63) is 9.66 Å². The summed E-state index contributed by atoms with van der Waals surface area (Å²) in [6.07, 6.45) is 7.49. The second kappa shape index (κ2) is 4.45. The molecule has 0 aromatic heterocycles. The third-order valence-electron chi connectivity index (χ3n) is 5.60. The fraction of sp³-hybridized carbons (Fsp3) is 0.867. The van der Waals surface area contributed by atoms with Crippen LogP contribution in [0.2, 0.25) is 0 Å². The summed E-state index contributed by atoms with van der Waals surface area (Å²) in [5.41, 5.74) is 0.498. The highest BCUT2D eigenvalue weighted by molar-refractivity contribution is 14.1. The monoisotopic (exact) mass is 362 g/mol. The molecule has 4 atom stereocenters. The van der Waals surface area contributed by atoms with Gasteiger partial charge < -0.3 is 9.47 Å². The van der Waals surface area contributed by atoms with Crippen LogP contribution in [0.3, 0.4) is 0 Å². The lowest BCUT2D eigenvalue weighted by Crippen LogP contribution is -2.39. The second-order valence-electron chi connectivity index (χ2n) is 6.74. The molecule has 3 rings (SSSR count). The average molecular weight is 362 g/mol. The van der Waals surface area contributed by atoms with Gasteiger partial charge in [0.25, 0.3) is 0 Å². The minimum atomic E-state index is 0.0433. The van der Waals surface area contributed by atoms with E-state index < -0.39 is 0 Å². The zero-order valence-corrected chi connectivity index (χ0v) is 13.7. The summed E-state index contributed by atoms with van der Waals surface area (Å²) >= 11 is 2.51. The molecule has 2 aliphatic carbocycles. The van der Waals surface area contributed by atoms with E-state index in [-0.39, 0.29) is 11.7 Å². The van der Waals surface area contributed by atoms with Gasteiger partial charge in [-0.25, -0.2) is 0 Å². The van der Waals surface area contributed by atoms with Crippen LogP contribution in [0.1, 0.15) is 46.5 Å². The standard InChI is InChI=1S/C15H23IO2/c1-14(2)10-8-12(15(14,3)9-11(10)16)18-13-6-4-5-7-17-13/h9-10,12-13H,4-8H2,1-3H3/t10-,12-,13?,15-/m1/s1. The van der Waals surface area contributed by atoms with E-state index in [1.165, 1.54) is 16.4 Å².